The van der Waals surface area contributed by atoms with E-state index in [1.54, 1.807) is 0 Å². The summed E-state index contributed by atoms with van der Waals surface area (Å²) in [4.78, 5) is 0. The molecule has 0 heterocycles. The quantitative estimate of drug-likeness (QED) is 0.224. The Bertz CT molecular complexity index is 235. The summed E-state index contributed by atoms with van der Waals surface area (Å²) < 4.78 is 31.6. The van der Waals surface area contributed by atoms with Gasteiger partial charge in [0.1, 0.15) is 0 Å². The third-order valence-corrected chi connectivity index (χ3v) is 2.60. The molecule has 0 fully saturated rings. The van der Waals surface area contributed by atoms with Crippen LogP contribution in [0.5, 0.6) is 0 Å². The second kappa shape index (κ2) is 23.1. The first-order valence-corrected chi connectivity index (χ1v) is 8.30. The summed E-state index contributed by atoms with van der Waals surface area (Å²) in [5, 5.41) is 0. The van der Waals surface area contributed by atoms with E-state index in [-0.39, 0.29) is 60.5 Å². The molecule has 0 aromatic carbocycles. The number of rotatable bonds is 10. The first kappa shape index (κ1) is 29.8. The molecule has 0 aromatic rings. The van der Waals surface area contributed by atoms with Crippen LogP contribution >= 0.6 is 0 Å². The minimum Gasteiger partial charge on any atom is -1.00 e. The van der Waals surface area contributed by atoms with E-state index >= 15 is 0 Å². The van der Waals surface area contributed by atoms with Gasteiger partial charge in [-0.15, -0.1) is 0 Å². The normalized spacial score (nSPS) is 9.80. The summed E-state index contributed by atoms with van der Waals surface area (Å²) in [6, 6.07) is 0. The third kappa shape index (κ3) is 50.2. The van der Waals surface area contributed by atoms with Crippen LogP contribution in [0.4, 0.5) is 0 Å². The number of hydrogen-bond donors (Lipinski definition) is 2. The maximum absolute atomic E-state index is 8.74. The van der Waals surface area contributed by atoms with E-state index < -0.39 is 10.4 Å². The van der Waals surface area contributed by atoms with Crippen molar-refractivity contribution in [1.29, 1.82) is 0 Å². The molecule has 114 valence electrons. The molecular formula is C13H30Na2O4S. The Morgan fingerprint density at radius 3 is 1.30 bits per heavy atom. The van der Waals surface area contributed by atoms with Crippen LogP contribution in [0.1, 0.15) is 79.0 Å². The molecule has 0 saturated carbocycles. The monoisotopic (exact) mass is 328 g/mol. The van der Waals surface area contributed by atoms with Gasteiger partial charge in [-0.05, 0) is 0 Å². The van der Waals surface area contributed by atoms with Crippen molar-refractivity contribution in [2.75, 3.05) is 0 Å². The fourth-order valence-electron chi connectivity index (χ4n) is 1.66. The zero-order valence-corrected chi connectivity index (χ0v) is 18.4. The molecular weight excluding hydrogens is 298 g/mol. The summed E-state index contributed by atoms with van der Waals surface area (Å²) >= 11 is 0. The molecule has 0 atom stereocenters. The predicted molar refractivity (Wildman–Crippen MR) is 77.1 cm³/mol. The molecule has 0 saturated heterocycles. The maximum atomic E-state index is 8.74. The number of hydrogen-bond acceptors (Lipinski definition) is 2. The smallest absolute Gasteiger partial charge is 1.00 e. The molecule has 0 bridgehead atoms. The van der Waals surface area contributed by atoms with Crippen molar-refractivity contribution in [3.8, 4) is 0 Å². The van der Waals surface area contributed by atoms with E-state index in [2.05, 4.69) is 13.8 Å². The van der Waals surface area contributed by atoms with E-state index in [4.69, 9.17) is 17.5 Å². The van der Waals surface area contributed by atoms with Gasteiger partial charge in [0.2, 0.25) is 0 Å². The van der Waals surface area contributed by atoms with Crippen molar-refractivity contribution in [1.82, 2.24) is 0 Å². The summed E-state index contributed by atoms with van der Waals surface area (Å²) in [5.41, 5.74) is 0. The van der Waals surface area contributed by atoms with E-state index in [0.29, 0.717) is 0 Å². The summed E-state index contributed by atoms with van der Waals surface area (Å²) in [6.45, 7) is 6.13. The van der Waals surface area contributed by atoms with Gasteiger partial charge < -0.3 is 8.35 Å². The van der Waals surface area contributed by atoms with Gasteiger partial charge in [-0.3, -0.25) is 9.11 Å². The molecule has 0 aliphatic carbocycles. The average molecular weight is 328 g/mol. The van der Waals surface area contributed by atoms with Crippen molar-refractivity contribution in [2.45, 2.75) is 77.6 Å². The largest absolute Gasteiger partial charge is 1.00 e. The van der Waals surface area contributed by atoms with Gasteiger partial charge in [0.05, 0.1) is 0 Å². The van der Waals surface area contributed by atoms with Gasteiger partial charge in [0.15, 0.2) is 0 Å². The van der Waals surface area contributed by atoms with E-state index in [0.717, 1.165) is 6.42 Å². The minimum absolute atomic E-state index is 0. The van der Waals surface area contributed by atoms with E-state index in [1.807, 2.05) is 0 Å². The van der Waals surface area contributed by atoms with Gasteiger partial charge in [-0.1, -0.05) is 71.1 Å². The Labute approximate surface area is 171 Å². The average Bonchev–Trinajstić information content (AvgIpc) is 2.25. The molecule has 20 heavy (non-hydrogen) atoms. The fourth-order valence-corrected chi connectivity index (χ4v) is 1.66. The molecule has 0 aliphatic heterocycles. The predicted octanol–water partition coefficient (Wildman–Crippen LogP) is -1.40. The van der Waals surface area contributed by atoms with Gasteiger partial charge in [0.25, 0.3) is 0 Å². The summed E-state index contributed by atoms with van der Waals surface area (Å²) in [7, 11) is -4.67. The van der Waals surface area contributed by atoms with Crippen LogP contribution in [-0.4, -0.2) is 17.5 Å². The van der Waals surface area contributed by atoms with Crippen molar-refractivity contribution >= 4 is 10.4 Å². The SMILES string of the molecule is O=S(=O)(O)O.[CH2-]CCCCCCCCCCCC.[H-].[Na+].[Na+]. The maximum Gasteiger partial charge on any atom is 1.00 e. The Balaban J connectivity index is -0.0000000933. The molecule has 4 nitrogen and oxygen atoms in total. The van der Waals surface area contributed by atoms with Crippen LogP contribution in [-0.2, 0) is 10.4 Å². The second-order valence-corrected chi connectivity index (χ2v) is 5.38. The Morgan fingerprint density at radius 2 is 1.05 bits per heavy atom. The van der Waals surface area contributed by atoms with Gasteiger partial charge in [-0.25, -0.2) is 0 Å². The second-order valence-electron chi connectivity index (χ2n) is 4.48. The van der Waals surface area contributed by atoms with E-state index in [1.165, 1.54) is 64.2 Å². The van der Waals surface area contributed by atoms with Crippen molar-refractivity contribution in [3.05, 3.63) is 6.92 Å². The summed E-state index contributed by atoms with van der Waals surface area (Å²) in [5.74, 6) is 0. The Morgan fingerprint density at radius 1 is 0.800 bits per heavy atom. The van der Waals surface area contributed by atoms with Crippen molar-refractivity contribution in [3.63, 3.8) is 0 Å². The molecule has 0 unspecified atom stereocenters. The van der Waals surface area contributed by atoms with Crippen molar-refractivity contribution < 1.29 is 78.1 Å². The van der Waals surface area contributed by atoms with Gasteiger partial charge >= 0.3 is 69.5 Å². The zero-order chi connectivity index (χ0) is 14.3. The fraction of sp³-hybridized carbons (Fsp3) is 0.923. The molecule has 0 radical (unpaired) electrons. The first-order chi connectivity index (χ1) is 8.41. The Kier molecular flexibility index (Phi) is 34.5. The van der Waals surface area contributed by atoms with Crippen LogP contribution < -0.4 is 59.1 Å². The topological polar surface area (TPSA) is 74.6 Å². The molecule has 0 aliphatic rings. The minimum atomic E-state index is -4.67. The van der Waals surface area contributed by atoms with Crippen molar-refractivity contribution in [2.24, 2.45) is 0 Å². The number of unbranched alkanes of at least 4 members (excludes halogenated alkanes) is 10. The molecule has 0 aromatic heterocycles. The first-order valence-electron chi connectivity index (χ1n) is 6.91. The van der Waals surface area contributed by atoms with Gasteiger partial charge in [-0.2, -0.15) is 14.8 Å². The molecule has 7 heteroatoms. The van der Waals surface area contributed by atoms with Crippen LogP contribution in [0.25, 0.3) is 0 Å². The molecule has 2 N–H and O–H groups in total. The van der Waals surface area contributed by atoms with Gasteiger partial charge in [0, 0.05) is 0 Å². The summed E-state index contributed by atoms with van der Waals surface area (Å²) in [6.07, 6.45) is 15.4. The standard InChI is InChI=1S/C13H27.2Na.H2O4S.H/c1-3-5-7-9-11-13-12-10-8-6-4-2;;;1-5(2,3)4;/h1,3-13H2,2H3;;;(H2,1,2,3,4);/q-1;2*+1;;-1. The molecule has 0 amide bonds. The van der Waals surface area contributed by atoms with Crippen LogP contribution in [0, 0.1) is 6.92 Å². The van der Waals surface area contributed by atoms with Crippen LogP contribution in [0.2, 0.25) is 0 Å². The molecule has 0 spiro atoms. The van der Waals surface area contributed by atoms with Crippen LogP contribution in [0.3, 0.4) is 0 Å². The molecule has 0 rings (SSSR count). The Hall–Kier alpha value is 1.87. The third-order valence-electron chi connectivity index (χ3n) is 2.60. The zero-order valence-electron chi connectivity index (χ0n) is 14.6. The van der Waals surface area contributed by atoms with Crippen LogP contribution in [0.15, 0.2) is 0 Å². The van der Waals surface area contributed by atoms with E-state index in [9.17, 15) is 0 Å².